The summed E-state index contributed by atoms with van der Waals surface area (Å²) < 4.78 is 0. The van der Waals surface area contributed by atoms with E-state index in [0.717, 1.165) is 18.4 Å². The van der Waals surface area contributed by atoms with Gasteiger partial charge in [0.05, 0.1) is 6.54 Å². The van der Waals surface area contributed by atoms with Crippen LogP contribution in [0.4, 0.5) is 0 Å². The Kier molecular flexibility index (Phi) is 5.60. The van der Waals surface area contributed by atoms with Crippen LogP contribution in [0.3, 0.4) is 0 Å². The summed E-state index contributed by atoms with van der Waals surface area (Å²) in [6.45, 7) is 0.636. The van der Waals surface area contributed by atoms with E-state index in [1.54, 1.807) is 12.1 Å². The van der Waals surface area contributed by atoms with Crippen LogP contribution in [0.15, 0.2) is 18.2 Å². The maximum Gasteiger partial charge on any atom is 0.233 e. The van der Waals surface area contributed by atoms with Gasteiger partial charge >= 0.3 is 0 Å². The lowest BCUT2D eigenvalue weighted by Crippen LogP contribution is -2.31. The van der Waals surface area contributed by atoms with Crippen molar-refractivity contribution in [1.29, 1.82) is 0 Å². The number of benzene rings is 1. The third kappa shape index (κ3) is 4.39. The molecule has 0 radical (unpaired) electrons. The number of aryl methyl sites for hydroxylation is 1. The van der Waals surface area contributed by atoms with Crippen LogP contribution in [0.2, 0.25) is 10.0 Å². The molecular weight excluding hydrogens is 247 g/mol. The van der Waals surface area contributed by atoms with Crippen molar-refractivity contribution in [3.05, 3.63) is 33.8 Å². The van der Waals surface area contributed by atoms with E-state index in [-0.39, 0.29) is 12.5 Å². The van der Waals surface area contributed by atoms with E-state index >= 15 is 0 Å². The predicted molar refractivity (Wildman–Crippen MR) is 66.8 cm³/mol. The van der Waals surface area contributed by atoms with Gasteiger partial charge in [0.25, 0.3) is 0 Å². The van der Waals surface area contributed by atoms with Gasteiger partial charge in [-0.05, 0) is 30.5 Å². The summed E-state index contributed by atoms with van der Waals surface area (Å²) in [4.78, 5) is 10.9. The van der Waals surface area contributed by atoms with Gasteiger partial charge in [-0.2, -0.15) is 0 Å². The molecule has 0 fully saturated rings. The average Bonchev–Trinajstić information content (AvgIpc) is 2.26. The number of hydrogen-bond donors (Lipinski definition) is 2. The second kappa shape index (κ2) is 6.74. The van der Waals surface area contributed by atoms with Crippen LogP contribution < -0.4 is 11.1 Å². The molecule has 16 heavy (non-hydrogen) atoms. The number of rotatable bonds is 5. The molecule has 0 aliphatic heterocycles. The van der Waals surface area contributed by atoms with Gasteiger partial charge in [-0.15, -0.1) is 0 Å². The van der Waals surface area contributed by atoms with Crippen LogP contribution in [0.25, 0.3) is 0 Å². The van der Waals surface area contributed by atoms with Crippen molar-refractivity contribution in [3.63, 3.8) is 0 Å². The molecule has 0 unspecified atom stereocenters. The molecule has 5 heteroatoms. The zero-order valence-corrected chi connectivity index (χ0v) is 10.3. The fraction of sp³-hybridized carbons (Fsp3) is 0.364. The molecule has 0 saturated carbocycles. The van der Waals surface area contributed by atoms with Crippen LogP contribution in [0.1, 0.15) is 12.0 Å². The Morgan fingerprint density at radius 1 is 1.38 bits per heavy atom. The Bertz CT molecular complexity index is 369. The summed E-state index contributed by atoms with van der Waals surface area (Å²) in [6.07, 6.45) is 1.63. The third-order valence-electron chi connectivity index (χ3n) is 2.15. The largest absolute Gasteiger partial charge is 0.355 e. The van der Waals surface area contributed by atoms with Crippen LogP contribution in [0.5, 0.6) is 0 Å². The van der Waals surface area contributed by atoms with Crippen LogP contribution >= 0.6 is 23.2 Å². The Labute approximate surface area is 105 Å². The standard InChI is InChI=1S/C11H14Cl2N2O/c12-9-4-3-8(10(13)6-9)2-1-5-15-11(16)7-14/h3-4,6H,1-2,5,7,14H2,(H,15,16). The Balaban J connectivity index is 2.35. The number of hydrogen-bond acceptors (Lipinski definition) is 2. The summed E-state index contributed by atoms with van der Waals surface area (Å²) in [6, 6.07) is 5.42. The first-order valence-corrected chi connectivity index (χ1v) is 5.79. The summed E-state index contributed by atoms with van der Waals surface area (Å²) in [5, 5.41) is 3.99. The Morgan fingerprint density at radius 2 is 2.12 bits per heavy atom. The molecule has 1 rings (SSSR count). The van der Waals surface area contributed by atoms with Crippen LogP contribution in [0, 0.1) is 0 Å². The second-order valence-electron chi connectivity index (χ2n) is 3.39. The molecule has 0 aliphatic carbocycles. The van der Waals surface area contributed by atoms with E-state index in [0.29, 0.717) is 16.6 Å². The molecule has 0 bridgehead atoms. The minimum absolute atomic E-state index is 0.0295. The molecular formula is C11H14Cl2N2O. The molecule has 1 amide bonds. The first kappa shape index (κ1) is 13.3. The highest BCUT2D eigenvalue weighted by Crippen LogP contribution is 2.21. The van der Waals surface area contributed by atoms with Crippen molar-refractivity contribution >= 4 is 29.1 Å². The van der Waals surface area contributed by atoms with Crippen LogP contribution in [-0.4, -0.2) is 19.0 Å². The molecule has 0 atom stereocenters. The van der Waals surface area contributed by atoms with Crippen molar-refractivity contribution in [2.45, 2.75) is 12.8 Å². The van der Waals surface area contributed by atoms with E-state index < -0.39 is 0 Å². The van der Waals surface area contributed by atoms with Gasteiger partial charge in [0, 0.05) is 16.6 Å². The minimum Gasteiger partial charge on any atom is -0.355 e. The molecule has 1 aromatic rings. The maximum absolute atomic E-state index is 10.9. The van der Waals surface area contributed by atoms with E-state index in [4.69, 9.17) is 28.9 Å². The second-order valence-corrected chi connectivity index (χ2v) is 4.24. The van der Waals surface area contributed by atoms with E-state index in [1.807, 2.05) is 6.07 Å². The van der Waals surface area contributed by atoms with Gasteiger partial charge in [-0.1, -0.05) is 29.3 Å². The monoisotopic (exact) mass is 260 g/mol. The highest BCUT2D eigenvalue weighted by Gasteiger charge is 2.01. The summed E-state index contributed by atoms with van der Waals surface area (Å²) in [5.41, 5.74) is 6.19. The number of carbonyl (C=O) groups excluding carboxylic acids is 1. The Hall–Kier alpha value is -0.770. The van der Waals surface area contributed by atoms with Gasteiger partial charge < -0.3 is 11.1 Å². The van der Waals surface area contributed by atoms with Gasteiger partial charge in [0.2, 0.25) is 5.91 Å². The highest BCUT2D eigenvalue weighted by atomic mass is 35.5. The molecule has 0 spiro atoms. The first-order chi connectivity index (χ1) is 7.63. The number of carbonyl (C=O) groups is 1. The average molecular weight is 261 g/mol. The van der Waals surface area contributed by atoms with E-state index in [1.165, 1.54) is 0 Å². The van der Waals surface area contributed by atoms with Gasteiger partial charge in [0.15, 0.2) is 0 Å². The zero-order chi connectivity index (χ0) is 12.0. The molecule has 3 nitrogen and oxygen atoms in total. The molecule has 1 aromatic carbocycles. The lowest BCUT2D eigenvalue weighted by Gasteiger charge is -2.05. The number of nitrogens with one attached hydrogen (secondary N) is 1. The highest BCUT2D eigenvalue weighted by molar-refractivity contribution is 6.35. The normalized spacial score (nSPS) is 10.2. The first-order valence-electron chi connectivity index (χ1n) is 5.04. The minimum atomic E-state index is -0.137. The van der Waals surface area contributed by atoms with E-state index in [9.17, 15) is 4.79 Å². The quantitative estimate of drug-likeness (QED) is 0.796. The fourth-order valence-corrected chi connectivity index (χ4v) is 1.81. The third-order valence-corrected chi connectivity index (χ3v) is 2.73. The van der Waals surface area contributed by atoms with Gasteiger partial charge in [-0.25, -0.2) is 0 Å². The van der Waals surface area contributed by atoms with Gasteiger partial charge in [-0.3, -0.25) is 4.79 Å². The molecule has 0 heterocycles. The molecule has 3 N–H and O–H groups in total. The van der Waals surface area contributed by atoms with Crippen molar-refractivity contribution in [1.82, 2.24) is 5.32 Å². The van der Waals surface area contributed by atoms with Crippen molar-refractivity contribution < 1.29 is 4.79 Å². The number of amides is 1. The zero-order valence-electron chi connectivity index (χ0n) is 8.80. The smallest absolute Gasteiger partial charge is 0.233 e. The fourth-order valence-electron chi connectivity index (χ4n) is 1.30. The molecule has 0 aliphatic rings. The summed E-state index contributed by atoms with van der Waals surface area (Å²) in [7, 11) is 0. The molecule has 0 saturated heterocycles. The SMILES string of the molecule is NCC(=O)NCCCc1ccc(Cl)cc1Cl. The van der Waals surface area contributed by atoms with Crippen LogP contribution in [-0.2, 0) is 11.2 Å². The maximum atomic E-state index is 10.9. The Morgan fingerprint density at radius 3 is 2.75 bits per heavy atom. The number of nitrogens with two attached hydrogens (primary N) is 1. The predicted octanol–water partition coefficient (Wildman–Crippen LogP) is 2.00. The topological polar surface area (TPSA) is 55.1 Å². The van der Waals surface area contributed by atoms with Gasteiger partial charge in [0.1, 0.15) is 0 Å². The number of halogens is 2. The van der Waals surface area contributed by atoms with E-state index in [2.05, 4.69) is 5.32 Å². The summed E-state index contributed by atoms with van der Waals surface area (Å²) in [5.74, 6) is -0.137. The lowest BCUT2D eigenvalue weighted by molar-refractivity contribution is -0.119. The van der Waals surface area contributed by atoms with Crippen molar-refractivity contribution in [3.8, 4) is 0 Å². The lowest BCUT2D eigenvalue weighted by atomic mass is 10.1. The van der Waals surface area contributed by atoms with Crippen molar-refractivity contribution in [2.24, 2.45) is 5.73 Å². The summed E-state index contributed by atoms with van der Waals surface area (Å²) >= 11 is 11.8. The molecule has 88 valence electrons. The van der Waals surface area contributed by atoms with Crippen molar-refractivity contribution in [2.75, 3.05) is 13.1 Å². The molecule has 0 aromatic heterocycles.